The van der Waals surface area contributed by atoms with E-state index in [4.69, 9.17) is 12.2 Å². The number of hydrogen-bond acceptors (Lipinski definition) is 4. The molecule has 1 aliphatic rings. The van der Waals surface area contributed by atoms with Gasteiger partial charge in [0.1, 0.15) is 5.57 Å². The van der Waals surface area contributed by atoms with Crippen LogP contribution in [0.2, 0.25) is 0 Å². The Morgan fingerprint density at radius 3 is 2.23 bits per heavy atom. The first-order valence-electron chi connectivity index (χ1n) is 6.42. The van der Waals surface area contributed by atoms with E-state index < -0.39 is 11.8 Å². The number of hydrogen-bond donors (Lipinski definition) is 2. The van der Waals surface area contributed by atoms with E-state index in [9.17, 15) is 14.4 Å². The van der Waals surface area contributed by atoms with E-state index in [1.165, 1.54) is 15.2 Å². The third-order valence-corrected chi connectivity index (χ3v) is 3.75. The second-order valence-corrected chi connectivity index (χ2v) is 5.35. The highest BCUT2D eigenvalue weighted by molar-refractivity contribution is 7.80. The van der Waals surface area contributed by atoms with E-state index in [0.717, 1.165) is 5.52 Å². The highest BCUT2D eigenvalue weighted by Crippen LogP contribution is 2.17. The Kier molecular flexibility index (Phi) is 3.18. The summed E-state index contributed by atoms with van der Waals surface area (Å²) in [6, 6.07) is 5.26. The van der Waals surface area contributed by atoms with Crippen LogP contribution in [-0.2, 0) is 23.7 Å². The molecule has 0 atom stereocenters. The maximum absolute atomic E-state index is 11.9. The number of carbonyl (C=O) groups excluding carboxylic acids is 2. The second kappa shape index (κ2) is 4.92. The maximum atomic E-state index is 11.9. The number of carbonyl (C=O) groups is 2. The van der Waals surface area contributed by atoms with Gasteiger partial charge in [-0.25, -0.2) is 4.79 Å². The van der Waals surface area contributed by atoms with E-state index >= 15 is 0 Å². The Morgan fingerprint density at radius 2 is 1.59 bits per heavy atom. The molecule has 22 heavy (non-hydrogen) atoms. The van der Waals surface area contributed by atoms with Crippen LogP contribution in [0.25, 0.3) is 17.1 Å². The number of aromatic nitrogens is 2. The smallest absolute Gasteiger partial charge is 0.299 e. The van der Waals surface area contributed by atoms with Crippen LogP contribution in [0.5, 0.6) is 0 Å². The summed E-state index contributed by atoms with van der Waals surface area (Å²) in [5.74, 6) is -1.09. The van der Waals surface area contributed by atoms with Gasteiger partial charge in [0, 0.05) is 14.1 Å². The van der Waals surface area contributed by atoms with Crippen LogP contribution in [0, 0.1) is 0 Å². The number of imidazole rings is 1. The largest absolute Gasteiger partial charge is 0.328 e. The summed E-state index contributed by atoms with van der Waals surface area (Å²) in [7, 11) is 3.35. The van der Waals surface area contributed by atoms with Crippen LogP contribution >= 0.6 is 12.2 Å². The number of nitrogens with one attached hydrogen (secondary N) is 2. The average molecular weight is 316 g/mol. The number of rotatable bonds is 1. The lowest BCUT2D eigenvalue weighted by molar-refractivity contribution is -0.123. The van der Waals surface area contributed by atoms with Crippen LogP contribution in [0.3, 0.4) is 0 Å². The molecule has 2 heterocycles. The predicted octanol–water partition coefficient (Wildman–Crippen LogP) is -0.209. The number of thiocarbonyl (C=S) groups is 1. The van der Waals surface area contributed by atoms with Gasteiger partial charge in [0.05, 0.1) is 11.0 Å². The highest BCUT2D eigenvalue weighted by atomic mass is 32.1. The van der Waals surface area contributed by atoms with Crippen molar-refractivity contribution in [1.29, 1.82) is 0 Å². The lowest BCUT2D eigenvalue weighted by Crippen LogP contribution is -2.51. The van der Waals surface area contributed by atoms with Gasteiger partial charge in [0.25, 0.3) is 11.8 Å². The van der Waals surface area contributed by atoms with E-state index in [0.29, 0.717) is 11.1 Å². The summed E-state index contributed by atoms with van der Waals surface area (Å²) in [5, 5.41) is 4.74. The van der Waals surface area contributed by atoms with Crippen molar-refractivity contribution in [1.82, 2.24) is 19.8 Å². The number of benzene rings is 1. The van der Waals surface area contributed by atoms with Gasteiger partial charge in [-0.05, 0) is 36.0 Å². The summed E-state index contributed by atoms with van der Waals surface area (Å²) in [6.45, 7) is 0. The lowest BCUT2D eigenvalue weighted by Gasteiger charge is -2.16. The maximum Gasteiger partial charge on any atom is 0.328 e. The molecule has 0 unspecified atom stereocenters. The fourth-order valence-corrected chi connectivity index (χ4v) is 2.57. The van der Waals surface area contributed by atoms with Gasteiger partial charge in [-0.2, -0.15) is 0 Å². The number of nitrogens with zero attached hydrogens (tertiary/aromatic N) is 2. The molecule has 1 saturated heterocycles. The standard InChI is InChI=1S/C14H12N4O3S/c1-17-9-4-3-7(6-10(9)18(2)14(17)21)5-8-11(19)15-13(22)16-12(8)20/h3-6H,1-2H3,(H2,15,16,19,20,22). The van der Waals surface area contributed by atoms with Crippen molar-refractivity contribution in [3.05, 3.63) is 39.8 Å². The summed E-state index contributed by atoms with van der Waals surface area (Å²) in [6.07, 6.45) is 1.46. The third-order valence-electron chi connectivity index (χ3n) is 3.55. The molecular formula is C14H12N4O3S. The second-order valence-electron chi connectivity index (χ2n) is 4.94. The normalized spacial score (nSPS) is 15.0. The highest BCUT2D eigenvalue weighted by Gasteiger charge is 2.25. The summed E-state index contributed by atoms with van der Waals surface area (Å²) in [5.41, 5.74) is 1.95. The first-order valence-corrected chi connectivity index (χ1v) is 6.83. The van der Waals surface area contributed by atoms with Crippen LogP contribution < -0.4 is 16.3 Å². The lowest BCUT2D eigenvalue weighted by atomic mass is 10.1. The zero-order chi connectivity index (χ0) is 16.0. The van der Waals surface area contributed by atoms with Crippen molar-refractivity contribution in [3.8, 4) is 0 Å². The molecule has 112 valence electrons. The molecule has 0 aliphatic carbocycles. The monoisotopic (exact) mass is 316 g/mol. The Morgan fingerprint density at radius 1 is 1.00 bits per heavy atom. The average Bonchev–Trinajstić information content (AvgIpc) is 2.68. The number of amides is 2. The molecule has 0 radical (unpaired) electrons. The predicted molar refractivity (Wildman–Crippen MR) is 85.0 cm³/mol. The van der Waals surface area contributed by atoms with E-state index in [1.807, 2.05) is 0 Å². The molecule has 2 amide bonds. The van der Waals surface area contributed by atoms with E-state index in [1.54, 1.807) is 32.3 Å². The van der Waals surface area contributed by atoms with Crippen LogP contribution in [0.4, 0.5) is 0 Å². The zero-order valence-corrected chi connectivity index (χ0v) is 12.7. The fourth-order valence-electron chi connectivity index (χ4n) is 2.39. The fraction of sp³-hybridized carbons (Fsp3) is 0.143. The SMILES string of the molecule is Cn1c(=O)n(C)c2cc(C=C3C(=O)NC(=S)NC3=O)ccc21. The molecule has 2 aromatic rings. The quantitative estimate of drug-likeness (QED) is 0.433. The zero-order valence-electron chi connectivity index (χ0n) is 11.8. The van der Waals surface area contributed by atoms with Crippen molar-refractivity contribution in [2.24, 2.45) is 14.1 Å². The topological polar surface area (TPSA) is 85.1 Å². The Bertz CT molecular complexity index is 913. The van der Waals surface area contributed by atoms with Crippen molar-refractivity contribution in [2.75, 3.05) is 0 Å². The molecule has 1 fully saturated rings. The molecule has 3 rings (SSSR count). The molecule has 1 aromatic carbocycles. The third kappa shape index (κ3) is 2.13. The first kappa shape index (κ1) is 14.2. The molecule has 1 aromatic heterocycles. The van der Waals surface area contributed by atoms with Gasteiger partial charge in [0.2, 0.25) is 0 Å². The van der Waals surface area contributed by atoms with Crippen molar-refractivity contribution in [3.63, 3.8) is 0 Å². The molecule has 0 bridgehead atoms. The van der Waals surface area contributed by atoms with Gasteiger partial charge < -0.3 is 0 Å². The summed E-state index contributed by atoms with van der Waals surface area (Å²) in [4.78, 5) is 35.5. The minimum atomic E-state index is -0.546. The van der Waals surface area contributed by atoms with Gasteiger partial charge >= 0.3 is 5.69 Å². The summed E-state index contributed by atoms with van der Waals surface area (Å²) < 4.78 is 3.04. The number of aryl methyl sites for hydroxylation is 2. The van der Waals surface area contributed by atoms with Crippen LogP contribution in [-0.4, -0.2) is 26.1 Å². The molecule has 1 aliphatic heterocycles. The van der Waals surface area contributed by atoms with Gasteiger partial charge in [-0.1, -0.05) is 6.07 Å². The van der Waals surface area contributed by atoms with Crippen molar-refractivity contribution < 1.29 is 9.59 Å². The van der Waals surface area contributed by atoms with Crippen LogP contribution in [0.1, 0.15) is 5.56 Å². The van der Waals surface area contributed by atoms with E-state index in [-0.39, 0.29) is 16.4 Å². The molecule has 8 heteroatoms. The minimum Gasteiger partial charge on any atom is -0.299 e. The summed E-state index contributed by atoms with van der Waals surface area (Å²) >= 11 is 4.74. The van der Waals surface area contributed by atoms with Gasteiger partial charge in [-0.3, -0.25) is 29.4 Å². The minimum absolute atomic E-state index is 0.00643. The first-order chi connectivity index (χ1) is 10.4. The van der Waals surface area contributed by atoms with Crippen molar-refractivity contribution >= 4 is 46.3 Å². The van der Waals surface area contributed by atoms with Crippen LogP contribution in [0.15, 0.2) is 28.6 Å². The molecule has 2 N–H and O–H groups in total. The Labute approximate surface area is 130 Å². The van der Waals surface area contributed by atoms with Crippen molar-refractivity contribution in [2.45, 2.75) is 0 Å². The van der Waals surface area contributed by atoms with Gasteiger partial charge in [0.15, 0.2) is 5.11 Å². The molecular weight excluding hydrogens is 304 g/mol. The van der Waals surface area contributed by atoms with Gasteiger partial charge in [-0.15, -0.1) is 0 Å². The molecule has 7 nitrogen and oxygen atoms in total. The number of fused-ring (bicyclic) bond motifs is 1. The Hall–Kier alpha value is -2.74. The van der Waals surface area contributed by atoms with E-state index in [2.05, 4.69) is 10.6 Å². The Balaban J connectivity index is 2.11. The molecule has 0 saturated carbocycles. The molecule has 0 spiro atoms.